The fourth-order valence-corrected chi connectivity index (χ4v) is 2.94. The number of hydrogen-bond donors (Lipinski definition) is 0. The molecule has 0 saturated carbocycles. The van der Waals surface area contributed by atoms with Crippen LogP contribution in [-0.2, 0) is 0 Å². The van der Waals surface area contributed by atoms with Gasteiger partial charge in [0.25, 0.3) is 0 Å². The molecule has 1 unspecified atom stereocenters. The number of aryl methyl sites for hydroxylation is 1. The Morgan fingerprint density at radius 1 is 1.11 bits per heavy atom. The van der Waals surface area contributed by atoms with E-state index in [1.165, 1.54) is 21.6 Å². The number of benzene rings is 1. The second-order valence-corrected chi connectivity index (χ2v) is 7.11. The van der Waals surface area contributed by atoms with E-state index in [0.717, 1.165) is 12.1 Å². The zero-order valence-corrected chi connectivity index (χ0v) is 19.9. The van der Waals surface area contributed by atoms with Crippen LogP contribution in [0.3, 0.4) is 0 Å². The van der Waals surface area contributed by atoms with Crippen LogP contribution < -0.4 is 0 Å². The highest BCUT2D eigenvalue weighted by molar-refractivity contribution is 7.10. The molecule has 2 aromatic rings. The van der Waals surface area contributed by atoms with Gasteiger partial charge in [0.1, 0.15) is 0 Å². The van der Waals surface area contributed by atoms with Crippen molar-refractivity contribution in [2.75, 3.05) is 14.1 Å². The van der Waals surface area contributed by atoms with E-state index in [1.54, 1.807) is 0 Å². The van der Waals surface area contributed by atoms with Gasteiger partial charge in [-0.05, 0) is 48.8 Å². The van der Waals surface area contributed by atoms with Gasteiger partial charge in [0.05, 0.1) is 0 Å². The summed E-state index contributed by atoms with van der Waals surface area (Å²) < 4.78 is 0. The van der Waals surface area contributed by atoms with Gasteiger partial charge in [-0.15, -0.1) is 17.9 Å². The van der Waals surface area contributed by atoms with Gasteiger partial charge in [-0.2, -0.15) is 0 Å². The molecule has 28 heavy (non-hydrogen) atoms. The van der Waals surface area contributed by atoms with Crippen LogP contribution in [0.5, 0.6) is 0 Å². The number of allylic oxidation sites excluding steroid dienone is 2. The van der Waals surface area contributed by atoms with Gasteiger partial charge in [0, 0.05) is 24.7 Å². The van der Waals surface area contributed by atoms with Crippen LogP contribution >= 0.6 is 11.3 Å². The molecule has 1 heterocycles. The molecule has 1 aromatic carbocycles. The van der Waals surface area contributed by atoms with E-state index in [9.17, 15) is 0 Å². The molecule has 1 aromatic heterocycles. The molecule has 0 fully saturated rings. The molecule has 0 N–H and O–H groups in total. The Kier molecular flexibility index (Phi) is 20.5. The van der Waals surface area contributed by atoms with Crippen LogP contribution in [-0.4, -0.2) is 19.0 Å². The van der Waals surface area contributed by atoms with Crippen LogP contribution in [0.4, 0.5) is 0 Å². The highest BCUT2D eigenvalue weighted by Gasteiger charge is 2.08. The van der Waals surface area contributed by atoms with Gasteiger partial charge in [0.15, 0.2) is 0 Å². The first-order valence-electron chi connectivity index (χ1n) is 9.94. The fourth-order valence-electron chi connectivity index (χ4n) is 1.95. The molecule has 160 valence electrons. The third-order valence-corrected chi connectivity index (χ3v) is 4.90. The van der Waals surface area contributed by atoms with Crippen molar-refractivity contribution in [3.8, 4) is 11.1 Å². The molecule has 0 radical (unpaired) electrons. The van der Waals surface area contributed by atoms with E-state index in [1.807, 2.05) is 71.0 Å². The van der Waals surface area contributed by atoms with Gasteiger partial charge in [-0.1, -0.05) is 84.5 Å². The third kappa shape index (κ3) is 12.6. The van der Waals surface area contributed by atoms with Gasteiger partial charge >= 0.3 is 0 Å². The van der Waals surface area contributed by atoms with Crippen molar-refractivity contribution in [3.05, 3.63) is 71.1 Å². The topological polar surface area (TPSA) is 3.24 Å². The molecule has 0 spiro atoms. The van der Waals surface area contributed by atoms with Crippen LogP contribution in [0.25, 0.3) is 11.1 Å². The summed E-state index contributed by atoms with van der Waals surface area (Å²) in [5.41, 5.74) is 5.06. The average molecular weight is 404 g/mol. The second kappa shape index (κ2) is 18.6. The standard InChI is InChI=1S/C16H18S.C5H11N.2C2H6.CH4/c1-4-6-13(3)16-10-15(11-17-16)14-8-5-7-12(2)9-14;1-5(2)6(3)4;2*1-2;/h4-5,7-11,13H,1,6H2,2-3H3;1H2,2-4H3;2*1-2H3;1H4. The predicted octanol–water partition coefficient (Wildman–Crippen LogP) is 9.17. The van der Waals surface area contributed by atoms with E-state index in [2.05, 4.69) is 62.7 Å². The molecular weight excluding hydrogens is 358 g/mol. The Hall–Kier alpha value is -1.80. The minimum absolute atomic E-state index is 0. The Balaban J connectivity index is -0.000000485. The number of hydrogen-bond acceptors (Lipinski definition) is 2. The molecule has 0 aliphatic rings. The largest absolute Gasteiger partial charge is 0.382 e. The molecule has 2 rings (SSSR count). The monoisotopic (exact) mass is 403 g/mol. The van der Waals surface area contributed by atoms with Gasteiger partial charge in [-0.3, -0.25) is 0 Å². The Bertz CT molecular complexity index is 637. The Morgan fingerprint density at radius 3 is 2.07 bits per heavy atom. The Morgan fingerprint density at radius 2 is 1.64 bits per heavy atom. The van der Waals surface area contributed by atoms with E-state index >= 15 is 0 Å². The maximum atomic E-state index is 3.81. The van der Waals surface area contributed by atoms with Crippen molar-refractivity contribution in [1.29, 1.82) is 0 Å². The summed E-state index contributed by atoms with van der Waals surface area (Å²) in [6, 6.07) is 11.0. The molecule has 0 aliphatic heterocycles. The smallest absolute Gasteiger partial charge is 0.00829 e. The van der Waals surface area contributed by atoms with Gasteiger partial charge < -0.3 is 4.90 Å². The van der Waals surface area contributed by atoms with Gasteiger partial charge in [0.2, 0.25) is 0 Å². The van der Waals surface area contributed by atoms with Crippen LogP contribution in [0, 0.1) is 6.92 Å². The van der Waals surface area contributed by atoms with Crippen molar-refractivity contribution >= 4 is 11.3 Å². The summed E-state index contributed by atoms with van der Waals surface area (Å²) in [5.74, 6) is 0.580. The predicted molar refractivity (Wildman–Crippen MR) is 136 cm³/mol. The SMILES string of the molecule is C.C=C(C)N(C)C.C=CCC(C)c1cc(-c2cccc(C)c2)cs1.CC.CC. The molecule has 0 saturated heterocycles. The summed E-state index contributed by atoms with van der Waals surface area (Å²) in [7, 11) is 3.95. The van der Waals surface area contributed by atoms with Crippen molar-refractivity contribution in [2.24, 2.45) is 0 Å². The second-order valence-electron chi connectivity index (χ2n) is 6.16. The highest BCUT2D eigenvalue weighted by atomic mass is 32.1. The van der Waals surface area contributed by atoms with Crippen molar-refractivity contribution in [2.45, 2.75) is 68.2 Å². The molecular formula is C26H45NS. The lowest BCUT2D eigenvalue weighted by Crippen LogP contribution is -2.05. The maximum Gasteiger partial charge on any atom is 0.00829 e. The molecule has 1 nitrogen and oxygen atoms in total. The highest BCUT2D eigenvalue weighted by Crippen LogP contribution is 2.31. The van der Waals surface area contributed by atoms with E-state index in [4.69, 9.17) is 0 Å². The molecule has 0 amide bonds. The third-order valence-electron chi connectivity index (χ3n) is 3.74. The van der Waals surface area contributed by atoms with Crippen molar-refractivity contribution in [1.82, 2.24) is 4.90 Å². The summed E-state index contributed by atoms with van der Waals surface area (Å²) in [4.78, 5) is 3.42. The number of thiophene rings is 1. The Labute approximate surface area is 180 Å². The van der Waals surface area contributed by atoms with Crippen LogP contribution in [0.2, 0.25) is 0 Å². The maximum absolute atomic E-state index is 3.81. The van der Waals surface area contributed by atoms with Crippen LogP contribution in [0.1, 0.15) is 71.7 Å². The summed E-state index contributed by atoms with van der Waals surface area (Å²) in [6.45, 7) is 21.9. The quantitative estimate of drug-likeness (QED) is 0.450. The molecule has 0 bridgehead atoms. The summed E-state index contributed by atoms with van der Waals surface area (Å²) in [5, 5.41) is 2.25. The van der Waals surface area contributed by atoms with Crippen LogP contribution in [0.15, 0.2) is 60.6 Å². The molecule has 2 heteroatoms. The molecule has 1 atom stereocenters. The number of nitrogens with zero attached hydrogens (tertiary/aromatic N) is 1. The zero-order chi connectivity index (χ0) is 21.4. The lowest BCUT2D eigenvalue weighted by molar-refractivity contribution is 0.516. The first-order valence-corrected chi connectivity index (χ1v) is 10.8. The van der Waals surface area contributed by atoms with E-state index in [-0.39, 0.29) is 7.43 Å². The lowest BCUT2D eigenvalue weighted by Gasteiger charge is -2.08. The fraction of sp³-hybridized carbons (Fsp3) is 0.462. The lowest BCUT2D eigenvalue weighted by atomic mass is 10.0. The number of rotatable bonds is 5. The van der Waals surface area contributed by atoms with Crippen molar-refractivity contribution in [3.63, 3.8) is 0 Å². The minimum atomic E-state index is 0. The first-order chi connectivity index (χ1) is 12.8. The first kappa shape index (κ1) is 30.9. The van der Waals surface area contributed by atoms with E-state index in [0.29, 0.717) is 5.92 Å². The van der Waals surface area contributed by atoms with Gasteiger partial charge in [-0.25, -0.2) is 0 Å². The normalized spacial score (nSPS) is 9.61. The summed E-state index contributed by atoms with van der Waals surface area (Å²) >= 11 is 1.85. The zero-order valence-electron chi connectivity index (χ0n) is 19.1. The molecule has 0 aliphatic carbocycles. The van der Waals surface area contributed by atoms with E-state index < -0.39 is 0 Å². The average Bonchev–Trinajstić information content (AvgIpc) is 3.16. The minimum Gasteiger partial charge on any atom is -0.382 e. The van der Waals surface area contributed by atoms with Crippen molar-refractivity contribution < 1.29 is 0 Å². The summed E-state index contributed by atoms with van der Waals surface area (Å²) in [6.07, 6.45) is 3.05.